The Hall–Kier alpha value is -0.770. The zero-order chi connectivity index (χ0) is 17.7. The number of hydrogen-bond donors (Lipinski definition) is 0. The molecule has 2 atom stereocenters. The summed E-state index contributed by atoms with van der Waals surface area (Å²) in [6, 6.07) is 5.92. The van der Waals surface area contributed by atoms with E-state index in [-0.39, 0.29) is 5.41 Å². The summed E-state index contributed by atoms with van der Waals surface area (Å²) in [6.07, 6.45) is 2.89. The maximum absolute atomic E-state index is 6.14. The second-order valence-electron chi connectivity index (χ2n) is 7.96. The SMILES string of the molecule is CC1CN(CCCCOc2ccc(Cl)cc2C(C)(C)C)CC(C)O1. The minimum atomic E-state index is 0.0281. The molecule has 0 amide bonds. The number of halogens is 1. The van der Waals surface area contributed by atoms with Gasteiger partial charge in [0.25, 0.3) is 0 Å². The van der Waals surface area contributed by atoms with E-state index in [4.69, 9.17) is 21.1 Å². The number of morpholine rings is 1. The average Bonchev–Trinajstić information content (AvgIpc) is 2.46. The van der Waals surface area contributed by atoms with E-state index in [2.05, 4.69) is 39.5 Å². The predicted octanol–water partition coefficient (Wildman–Crippen LogP) is 4.91. The highest BCUT2D eigenvalue weighted by Gasteiger charge is 2.22. The van der Waals surface area contributed by atoms with Crippen LogP contribution in [0, 0.1) is 0 Å². The quantitative estimate of drug-likeness (QED) is 0.678. The molecule has 2 unspecified atom stereocenters. The van der Waals surface area contributed by atoms with E-state index in [9.17, 15) is 0 Å². The second kappa shape index (κ2) is 8.55. The molecule has 2 rings (SSSR count). The molecule has 0 N–H and O–H groups in total. The third-order valence-corrected chi connectivity index (χ3v) is 4.61. The van der Waals surface area contributed by atoms with Crippen molar-refractivity contribution in [2.45, 2.75) is 65.1 Å². The fourth-order valence-corrected chi connectivity index (χ4v) is 3.47. The van der Waals surface area contributed by atoms with Crippen LogP contribution in [0.4, 0.5) is 0 Å². The molecule has 0 spiro atoms. The van der Waals surface area contributed by atoms with Crippen LogP contribution in [0.1, 0.15) is 53.0 Å². The molecule has 1 aromatic rings. The van der Waals surface area contributed by atoms with Crippen molar-refractivity contribution in [3.8, 4) is 5.75 Å². The highest BCUT2D eigenvalue weighted by atomic mass is 35.5. The summed E-state index contributed by atoms with van der Waals surface area (Å²) in [5.41, 5.74) is 1.20. The number of nitrogens with zero attached hydrogens (tertiary/aromatic N) is 1. The minimum Gasteiger partial charge on any atom is -0.493 e. The molecule has 0 aliphatic carbocycles. The molecule has 1 saturated heterocycles. The van der Waals surface area contributed by atoms with Gasteiger partial charge in [-0.3, -0.25) is 4.90 Å². The molecule has 1 aliphatic heterocycles. The third-order valence-electron chi connectivity index (χ3n) is 4.37. The molecule has 0 bridgehead atoms. The fourth-order valence-electron chi connectivity index (χ4n) is 3.30. The lowest BCUT2D eigenvalue weighted by atomic mass is 9.86. The summed E-state index contributed by atoms with van der Waals surface area (Å²) in [5.74, 6) is 0.959. The van der Waals surface area contributed by atoms with Crippen molar-refractivity contribution in [1.29, 1.82) is 0 Å². The molecule has 1 heterocycles. The van der Waals surface area contributed by atoms with E-state index in [0.717, 1.165) is 49.9 Å². The maximum Gasteiger partial charge on any atom is 0.123 e. The molecule has 0 radical (unpaired) electrons. The van der Waals surface area contributed by atoms with Crippen LogP contribution in [0.2, 0.25) is 5.02 Å². The first-order chi connectivity index (χ1) is 11.3. The Kier molecular flexibility index (Phi) is 6.97. The molecule has 1 aromatic carbocycles. The normalized spacial score (nSPS) is 22.6. The van der Waals surface area contributed by atoms with Crippen LogP contribution < -0.4 is 4.74 Å². The van der Waals surface area contributed by atoms with Crippen molar-refractivity contribution in [2.24, 2.45) is 0 Å². The summed E-state index contributed by atoms with van der Waals surface area (Å²) in [5, 5.41) is 0.767. The van der Waals surface area contributed by atoms with E-state index < -0.39 is 0 Å². The van der Waals surface area contributed by atoms with Gasteiger partial charge in [-0.05, 0) is 56.8 Å². The van der Waals surface area contributed by atoms with Crippen molar-refractivity contribution < 1.29 is 9.47 Å². The molecule has 24 heavy (non-hydrogen) atoms. The van der Waals surface area contributed by atoms with E-state index in [0.29, 0.717) is 12.2 Å². The van der Waals surface area contributed by atoms with Gasteiger partial charge >= 0.3 is 0 Å². The lowest BCUT2D eigenvalue weighted by Crippen LogP contribution is -2.45. The van der Waals surface area contributed by atoms with Gasteiger partial charge in [-0.2, -0.15) is 0 Å². The van der Waals surface area contributed by atoms with Crippen molar-refractivity contribution >= 4 is 11.6 Å². The largest absolute Gasteiger partial charge is 0.493 e. The lowest BCUT2D eigenvalue weighted by molar-refractivity contribution is -0.0682. The number of unbranched alkanes of at least 4 members (excludes halogenated alkanes) is 1. The first-order valence-electron chi connectivity index (χ1n) is 9.06. The smallest absolute Gasteiger partial charge is 0.123 e. The Balaban J connectivity index is 1.77. The van der Waals surface area contributed by atoms with Crippen molar-refractivity contribution in [3.63, 3.8) is 0 Å². The Morgan fingerprint density at radius 3 is 2.46 bits per heavy atom. The summed E-state index contributed by atoms with van der Waals surface area (Å²) >= 11 is 6.14. The number of hydrogen-bond acceptors (Lipinski definition) is 3. The molecular weight excluding hydrogens is 322 g/mol. The first kappa shape index (κ1) is 19.6. The van der Waals surface area contributed by atoms with Crippen LogP contribution in [-0.4, -0.2) is 43.3 Å². The molecule has 1 fully saturated rings. The van der Waals surface area contributed by atoms with Gasteiger partial charge < -0.3 is 9.47 Å². The van der Waals surface area contributed by atoms with Crippen LogP contribution in [0.25, 0.3) is 0 Å². The van der Waals surface area contributed by atoms with Crippen LogP contribution in [0.15, 0.2) is 18.2 Å². The topological polar surface area (TPSA) is 21.7 Å². The Bertz CT molecular complexity index is 517. The number of ether oxygens (including phenoxy) is 2. The van der Waals surface area contributed by atoms with Gasteiger partial charge in [0.05, 0.1) is 18.8 Å². The van der Waals surface area contributed by atoms with E-state index in [1.807, 2.05) is 18.2 Å². The van der Waals surface area contributed by atoms with Gasteiger partial charge in [-0.15, -0.1) is 0 Å². The molecule has 0 saturated carbocycles. The summed E-state index contributed by atoms with van der Waals surface area (Å²) in [7, 11) is 0. The zero-order valence-electron chi connectivity index (χ0n) is 15.8. The predicted molar refractivity (Wildman–Crippen MR) is 101 cm³/mol. The molecule has 136 valence electrons. The number of benzene rings is 1. The molecule has 1 aliphatic rings. The minimum absolute atomic E-state index is 0.0281. The van der Waals surface area contributed by atoms with E-state index in [1.165, 1.54) is 5.56 Å². The van der Waals surface area contributed by atoms with Gasteiger partial charge in [-0.1, -0.05) is 32.4 Å². The van der Waals surface area contributed by atoms with Crippen molar-refractivity contribution in [1.82, 2.24) is 4.90 Å². The molecule has 0 aromatic heterocycles. The van der Waals surface area contributed by atoms with E-state index in [1.54, 1.807) is 0 Å². The number of rotatable bonds is 6. The standard InChI is InChI=1S/C20H32ClNO2/c1-15-13-22(14-16(2)24-15)10-6-7-11-23-19-9-8-17(21)12-18(19)20(3,4)5/h8-9,12,15-16H,6-7,10-11,13-14H2,1-5H3. The third kappa shape index (κ3) is 5.94. The van der Waals surface area contributed by atoms with Gasteiger partial charge in [0.15, 0.2) is 0 Å². The first-order valence-corrected chi connectivity index (χ1v) is 9.44. The molecule has 3 nitrogen and oxygen atoms in total. The monoisotopic (exact) mass is 353 g/mol. The maximum atomic E-state index is 6.14. The zero-order valence-corrected chi connectivity index (χ0v) is 16.5. The fraction of sp³-hybridized carbons (Fsp3) is 0.700. The Morgan fingerprint density at radius 2 is 1.83 bits per heavy atom. The highest BCUT2D eigenvalue weighted by molar-refractivity contribution is 6.30. The Labute approximate surface area is 152 Å². The summed E-state index contributed by atoms with van der Waals surface area (Å²) in [4.78, 5) is 2.50. The average molecular weight is 354 g/mol. The van der Waals surface area contributed by atoms with Crippen LogP contribution >= 0.6 is 11.6 Å². The molecule has 4 heteroatoms. The molecular formula is C20H32ClNO2. The summed E-state index contributed by atoms with van der Waals surface area (Å²) in [6.45, 7) is 14.8. The lowest BCUT2D eigenvalue weighted by Gasteiger charge is -2.35. The van der Waals surface area contributed by atoms with Gasteiger partial charge in [0, 0.05) is 23.7 Å². The van der Waals surface area contributed by atoms with Crippen molar-refractivity contribution in [3.05, 3.63) is 28.8 Å². The van der Waals surface area contributed by atoms with E-state index >= 15 is 0 Å². The Morgan fingerprint density at radius 1 is 1.17 bits per heavy atom. The highest BCUT2D eigenvalue weighted by Crippen LogP contribution is 2.33. The van der Waals surface area contributed by atoms with Gasteiger partial charge in [-0.25, -0.2) is 0 Å². The van der Waals surface area contributed by atoms with Gasteiger partial charge in [0.1, 0.15) is 5.75 Å². The van der Waals surface area contributed by atoms with Crippen LogP contribution in [0.5, 0.6) is 5.75 Å². The van der Waals surface area contributed by atoms with Gasteiger partial charge in [0.2, 0.25) is 0 Å². The second-order valence-corrected chi connectivity index (χ2v) is 8.40. The van der Waals surface area contributed by atoms with Crippen molar-refractivity contribution in [2.75, 3.05) is 26.2 Å². The van der Waals surface area contributed by atoms with Crippen LogP contribution in [-0.2, 0) is 10.2 Å². The van der Waals surface area contributed by atoms with Crippen LogP contribution in [0.3, 0.4) is 0 Å². The summed E-state index contributed by atoms with van der Waals surface area (Å²) < 4.78 is 11.8.